The van der Waals surface area contributed by atoms with Gasteiger partial charge in [-0.2, -0.15) is 0 Å². The summed E-state index contributed by atoms with van der Waals surface area (Å²) < 4.78 is 13.8. The Balaban J connectivity index is 2.07. The second kappa shape index (κ2) is 4.19. The molecule has 0 radical (unpaired) electrons. The SMILES string of the molecule is O=C(O)C1(c2cccc(-c3ccccc3F)c2)CC1. The lowest BCUT2D eigenvalue weighted by Gasteiger charge is -2.12. The van der Waals surface area contributed by atoms with Crippen LogP contribution in [0.5, 0.6) is 0 Å². The summed E-state index contributed by atoms with van der Waals surface area (Å²) in [6.07, 6.45) is 1.31. The predicted octanol–water partition coefficient (Wildman–Crippen LogP) is 3.61. The molecule has 2 aromatic carbocycles. The second-order valence-corrected chi connectivity index (χ2v) is 4.95. The number of benzene rings is 2. The number of rotatable bonds is 3. The monoisotopic (exact) mass is 256 g/mol. The molecule has 2 nitrogen and oxygen atoms in total. The molecule has 2 aromatic rings. The summed E-state index contributed by atoms with van der Waals surface area (Å²) in [4.78, 5) is 11.3. The third kappa shape index (κ3) is 1.91. The summed E-state index contributed by atoms with van der Waals surface area (Å²) in [5.74, 6) is -1.09. The highest BCUT2D eigenvalue weighted by Gasteiger charge is 2.51. The molecule has 0 atom stereocenters. The zero-order valence-corrected chi connectivity index (χ0v) is 10.3. The van der Waals surface area contributed by atoms with E-state index in [0.717, 1.165) is 11.1 Å². The highest BCUT2D eigenvalue weighted by molar-refractivity contribution is 5.85. The van der Waals surface area contributed by atoms with Crippen LogP contribution in [0.1, 0.15) is 18.4 Å². The number of carbonyl (C=O) groups is 1. The number of carboxylic acid groups (broad SMARTS) is 1. The molecule has 1 aliphatic carbocycles. The van der Waals surface area contributed by atoms with Gasteiger partial charge in [0.15, 0.2) is 0 Å². The van der Waals surface area contributed by atoms with Crippen LogP contribution in [0.25, 0.3) is 11.1 Å². The van der Waals surface area contributed by atoms with Gasteiger partial charge >= 0.3 is 5.97 Å². The zero-order chi connectivity index (χ0) is 13.5. The molecule has 0 saturated heterocycles. The summed E-state index contributed by atoms with van der Waals surface area (Å²) in [6.45, 7) is 0. The Bertz CT molecular complexity index is 645. The Hall–Kier alpha value is -2.16. The van der Waals surface area contributed by atoms with Crippen molar-refractivity contribution in [3.63, 3.8) is 0 Å². The topological polar surface area (TPSA) is 37.3 Å². The molecule has 1 saturated carbocycles. The molecule has 0 aromatic heterocycles. The maximum absolute atomic E-state index is 13.8. The van der Waals surface area contributed by atoms with E-state index in [1.54, 1.807) is 36.4 Å². The second-order valence-electron chi connectivity index (χ2n) is 4.95. The van der Waals surface area contributed by atoms with Crippen molar-refractivity contribution in [1.82, 2.24) is 0 Å². The van der Waals surface area contributed by atoms with Gasteiger partial charge in [-0.1, -0.05) is 36.4 Å². The van der Waals surface area contributed by atoms with E-state index in [4.69, 9.17) is 0 Å². The van der Waals surface area contributed by atoms with Gasteiger partial charge in [0, 0.05) is 5.56 Å². The molecule has 0 bridgehead atoms. The van der Waals surface area contributed by atoms with Crippen molar-refractivity contribution in [2.45, 2.75) is 18.3 Å². The van der Waals surface area contributed by atoms with E-state index in [1.165, 1.54) is 6.07 Å². The maximum atomic E-state index is 13.8. The average Bonchev–Trinajstić information content (AvgIpc) is 3.21. The molecular weight excluding hydrogens is 243 g/mol. The van der Waals surface area contributed by atoms with Crippen molar-refractivity contribution in [2.75, 3.05) is 0 Å². The van der Waals surface area contributed by atoms with E-state index in [0.29, 0.717) is 18.4 Å². The lowest BCUT2D eigenvalue weighted by molar-refractivity contribution is -0.140. The minimum atomic E-state index is -0.793. The van der Waals surface area contributed by atoms with Crippen LogP contribution in [0.2, 0.25) is 0 Å². The fourth-order valence-electron chi connectivity index (χ4n) is 2.43. The van der Waals surface area contributed by atoms with Gasteiger partial charge < -0.3 is 5.11 Å². The Labute approximate surface area is 110 Å². The molecule has 0 spiro atoms. The van der Waals surface area contributed by atoms with Gasteiger partial charge in [-0.25, -0.2) is 4.39 Å². The van der Waals surface area contributed by atoms with Crippen LogP contribution >= 0.6 is 0 Å². The van der Waals surface area contributed by atoms with Crippen molar-refractivity contribution >= 4 is 5.97 Å². The average molecular weight is 256 g/mol. The van der Waals surface area contributed by atoms with Crippen molar-refractivity contribution in [1.29, 1.82) is 0 Å². The molecule has 96 valence electrons. The first-order valence-corrected chi connectivity index (χ1v) is 6.22. The predicted molar refractivity (Wildman–Crippen MR) is 70.4 cm³/mol. The molecule has 0 heterocycles. The Morgan fingerprint density at radius 3 is 2.47 bits per heavy atom. The molecule has 1 aliphatic rings. The first-order chi connectivity index (χ1) is 9.13. The van der Waals surface area contributed by atoms with Crippen LogP contribution in [-0.2, 0) is 10.2 Å². The zero-order valence-electron chi connectivity index (χ0n) is 10.3. The number of halogens is 1. The minimum absolute atomic E-state index is 0.292. The van der Waals surface area contributed by atoms with E-state index in [-0.39, 0.29) is 5.82 Å². The summed E-state index contributed by atoms with van der Waals surface area (Å²) in [5.41, 5.74) is 1.25. The molecule has 0 amide bonds. The highest BCUT2D eigenvalue weighted by Crippen LogP contribution is 2.49. The van der Waals surface area contributed by atoms with E-state index in [2.05, 4.69) is 0 Å². The molecule has 0 unspecified atom stereocenters. The fraction of sp³-hybridized carbons (Fsp3) is 0.188. The lowest BCUT2D eigenvalue weighted by atomic mass is 9.92. The lowest BCUT2D eigenvalue weighted by Crippen LogP contribution is -2.19. The van der Waals surface area contributed by atoms with Crippen molar-refractivity contribution in [2.24, 2.45) is 0 Å². The number of carboxylic acids is 1. The van der Waals surface area contributed by atoms with Gasteiger partial charge in [-0.3, -0.25) is 4.79 Å². The molecule has 3 rings (SSSR count). The van der Waals surface area contributed by atoms with Gasteiger partial charge in [0.1, 0.15) is 5.82 Å². The Kier molecular flexibility index (Phi) is 2.63. The number of aliphatic carboxylic acids is 1. The normalized spacial score (nSPS) is 16.1. The van der Waals surface area contributed by atoms with E-state index in [9.17, 15) is 14.3 Å². The van der Waals surface area contributed by atoms with Gasteiger partial charge in [0.25, 0.3) is 0 Å². The minimum Gasteiger partial charge on any atom is -0.481 e. The Morgan fingerprint density at radius 2 is 1.84 bits per heavy atom. The van der Waals surface area contributed by atoms with E-state index >= 15 is 0 Å². The van der Waals surface area contributed by atoms with Gasteiger partial charge in [0.2, 0.25) is 0 Å². The number of hydrogen-bond donors (Lipinski definition) is 1. The summed E-state index contributed by atoms with van der Waals surface area (Å²) in [6, 6.07) is 13.7. The van der Waals surface area contributed by atoms with Crippen molar-refractivity contribution < 1.29 is 14.3 Å². The number of hydrogen-bond acceptors (Lipinski definition) is 1. The smallest absolute Gasteiger partial charge is 0.314 e. The van der Waals surface area contributed by atoms with E-state index < -0.39 is 11.4 Å². The Morgan fingerprint density at radius 1 is 1.11 bits per heavy atom. The molecule has 1 N–H and O–H groups in total. The molecular formula is C16H13FO2. The van der Waals surface area contributed by atoms with Gasteiger partial charge in [-0.15, -0.1) is 0 Å². The van der Waals surface area contributed by atoms with Crippen LogP contribution in [0.3, 0.4) is 0 Å². The molecule has 3 heteroatoms. The maximum Gasteiger partial charge on any atom is 0.314 e. The summed E-state index contributed by atoms with van der Waals surface area (Å²) >= 11 is 0. The van der Waals surface area contributed by atoms with Crippen molar-refractivity contribution in [3.8, 4) is 11.1 Å². The third-order valence-electron chi connectivity index (χ3n) is 3.76. The third-order valence-corrected chi connectivity index (χ3v) is 3.76. The first kappa shape index (κ1) is 11.9. The highest BCUT2D eigenvalue weighted by atomic mass is 19.1. The molecule has 0 aliphatic heterocycles. The summed E-state index contributed by atoms with van der Waals surface area (Å²) in [7, 11) is 0. The van der Waals surface area contributed by atoms with Crippen LogP contribution < -0.4 is 0 Å². The van der Waals surface area contributed by atoms with Crippen LogP contribution in [-0.4, -0.2) is 11.1 Å². The molecule has 1 fully saturated rings. The van der Waals surface area contributed by atoms with Crippen molar-refractivity contribution in [3.05, 3.63) is 59.9 Å². The van der Waals surface area contributed by atoms with Gasteiger partial charge in [-0.05, 0) is 36.1 Å². The summed E-state index contributed by atoms with van der Waals surface area (Å²) in [5, 5.41) is 9.30. The van der Waals surface area contributed by atoms with Gasteiger partial charge in [0.05, 0.1) is 5.41 Å². The van der Waals surface area contributed by atoms with Crippen LogP contribution in [0.15, 0.2) is 48.5 Å². The fourth-order valence-corrected chi connectivity index (χ4v) is 2.43. The molecule has 19 heavy (non-hydrogen) atoms. The van der Waals surface area contributed by atoms with Crippen LogP contribution in [0, 0.1) is 5.82 Å². The standard InChI is InChI=1S/C16H13FO2/c17-14-7-2-1-6-13(14)11-4-3-5-12(10-11)16(8-9-16)15(18)19/h1-7,10H,8-9H2,(H,18,19). The quantitative estimate of drug-likeness (QED) is 0.910. The largest absolute Gasteiger partial charge is 0.481 e. The first-order valence-electron chi connectivity index (χ1n) is 6.22. The van der Waals surface area contributed by atoms with Crippen LogP contribution in [0.4, 0.5) is 4.39 Å². The van der Waals surface area contributed by atoms with E-state index in [1.807, 2.05) is 6.07 Å².